The van der Waals surface area contributed by atoms with Crippen molar-refractivity contribution >= 4 is 83.4 Å². The zero-order valence-electron chi connectivity index (χ0n) is 42.2. The number of nitrogens with zero attached hydrogens (tertiary/aromatic N) is 2. The lowest BCUT2D eigenvalue weighted by Gasteiger charge is -2.19. The number of amides is 12. The molecule has 0 aromatic rings. The predicted octanol–water partition coefficient (Wildman–Crippen LogP) is 0.0117. The van der Waals surface area contributed by atoms with E-state index in [1.165, 1.54) is 17.8 Å². The molecule has 12 amide bonds. The molecule has 0 aliphatic carbocycles. The van der Waals surface area contributed by atoms with Gasteiger partial charge in [0, 0.05) is 83.4 Å². The van der Waals surface area contributed by atoms with Crippen molar-refractivity contribution in [1.82, 2.24) is 52.3 Å². The standard InChI is InChI=1S/C23H37N5O9S.C21H33N5O9.CH4/c1-5-24-22(33)36-13-16(14-37-23(34)25-6-2)35-11-7-8-18(29)26-15(3)27-19(30)9-10-28-20(31)12-17(38-4)21(28)32;1-4-22-20(31)34-12-15(13-35-21(32)23-5-2)33-11-9-17(28)25-14(3)24-16(27)8-10-26-18(29)6-7-19(26)30;/h12,15-16H,5-11,13-14H2,1-4H3,(H,24,33)(H,25,34)(H,26,29)(H,27,30);6-7,14-15H,4-5,8-13H2,1-3H3,(H,22,31)(H,23,32)(H,24,27)(H,25,28);1H4. The van der Waals surface area contributed by atoms with Crippen molar-refractivity contribution in [3.05, 3.63) is 23.1 Å². The largest absolute Gasteiger partial charge is 0.447 e. The molecule has 0 aromatic heterocycles. The minimum Gasteiger partial charge on any atom is -0.447 e. The molecule has 0 fully saturated rings. The second-order valence-electron chi connectivity index (χ2n) is 15.2. The van der Waals surface area contributed by atoms with Gasteiger partial charge in [0.15, 0.2) is 0 Å². The van der Waals surface area contributed by atoms with Crippen molar-refractivity contribution in [2.24, 2.45) is 0 Å². The van der Waals surface area contributed by atoms with Gasteiger partial charge in [-0.25, -0.2) is 19.2 Å². The van der Waals surface area contributed by atoms with E-state index in [0.717, 1.165) is 22.0 Å². The molecule has 28 nitrogen and oxygen atoms in total. The maximum atomic E-state index is 12.2. The third kappa shape index (κ3) is 29.5. The Balaban J connectivity index is 0.00000143. The predicted molar refractivity (Wildman–Crippen MR) is 265 cm³/mol. The van der Waals surface area contributed by atoms with Gasteiger partial charge in [0.2, 0.25) is 23.6 Å². The first-order chi connectivity index (χ1) is 34.8. The van der Waals surface area contributed by atoms with E-state index >= 15 is 0 Å². The number of carbonyl (C=O) groups excluding carboxylic acids is 12. The van der Waals surface area contributed by atoms with E-state index in [2.05, 4.69) is 42.5 Å². The highest BCUT2D eigenvalue weighted by atomic mass is 32.2. The van der Waals surface area contributed by atoms with Gasteiger partial charge in [-0.3, -0.25) is 48.2 Å². The summed E-state index contributed by atoms with van der Waals surface area (Å²) >= 11 is 1.17. The normalized spacial score (nSPS) is 13.3. The zero-order chi connectivity index (χ0) is 54.7. The average molecular weight is 1080 g/mol. The van der Waals surface area contributed by atoms with E-state index in [4.69, 9.17) is 28.4 Å². The maximum Gasteiger partial charge on any atom is 0.407 e. The Kier molecular flexibility index (Phi) is 34.9. The summed E-state index contributed by atoms with van der Waals surface area (Å²) in [6.45, 7) is 10.8. The van der Waals surface area contributed by atoms with Crippen LogP contribution in [-0.4, -0.2) is 191 Å². The van der Waals surface area contributed by atoms with Crippen LogP contribution < -0.4 is 42.5 Å². The summed E-state index contributed by atoms with van der Waals surface area (Å²) in [4.78, 5) is 144. The van der Waals surface area contributed by atoms with E-state index in [1.54, 1.807) is 47.8 Å². The van der Waals surface area contributed by atoms with Gasteiger partial charge >= 0.3 is 24.4 Å². The molecule has 74 heavy (non-hydrogen) atoms. The van der Waals surface area contributed by atoms with Gasteiger partial charge in [0.25, 0.3) is 23.6 Å². The van der Waals surface area contributed by atoms with Gasteiger partial charge in [-0.15, -0.1) is 11.8 Å². The van der Waals surface area contributed by atoms with Crippen molar-refractivity contribution in [3.63, 3.8) is 0 Å². The van der Waals surface area contributed by atoms with Crippen LogP contribution in [0.25, 0.3) is 0 Å². The summed E-state index contributed by atoms with van der Waals surface area (Å²) in [6, 6.07) is 0. The molecule has 8 N–H and O–H groups in total. The fraction of sp³-hybridized carbons (Fsp3) is 0.644. The Morgan fingerprint density at radius 3 is 1.23 bits per heavy atom. The van der Waals surface area contributed by atoms with Crippen molar-refractivity contribution in [3.8, 4) is 0 Å². The SMILES string of the molecule is C.CCNC(=O)OCC(COC(=O)NCC)OCCC(=O)NC(C)NC(=O)CCN1C(=O)C=CC1=O.CCNC(=O)OCC(COC(=O)NCC)OCCCC(=O)NC(C)NC(=O)CCN1C(=O)C=C(SC)C1=O. The molecule has 2 heterocycles. The Hall–Kier alpha value is -7.01. The molecular weight excluding hydrogens is 1000 g/mol. The van der Waals surface area contributed by atoms with Crippen molar-refractivity contribution in [1.29, 1.82) is 0 Å². The second kappa shape index (κ2) is 38.6. The highest BCUT2D eigenvalue weighted by molar-refractivity contribution is 8.03. The molecule has 2 aliphatic heterocycles. The number of imide groups is 2. The first-order valence-electron chi connectivity index (χ1n) is 23.4. The number of hydrogen-bond acceptors (Lipinski definition) is 19. The van der Waals surface area contributed by atoms with E-state index < -0.39 is 90.3 Å². The summed E-state index contributed by atoms with van der Waals surface area (Å²) in [7, 11) is 0. The van der Waals surface area contributed by atoms with Gasteiger partial charge in [0.1, 0.15) is 38.6 Å². The summed E-state index contributed by atoms with van der Waals surface area (Å²) in [5, 5.41) is 20.2. The number of ether oxygens (including phenoxy) is 6. The molecule has 0 spiro atoms. The number of hydrogen-bond donors (Lipinski definition) is 8. The molecule has 0 aromatic carbocycles. The molecule has 2 rings (SSSR count). The summed E-state index contributed by atoms with van der Waals surface area (Å²) in [5.74, 6) is -3.48. The van der Waals surface area contributed by atoms with Crippen LogP contribution in [0.2, 0.25) is 0 Å². The number of alkyl carbamates (subject to hydrolysis) is 4. The van der Waals surface area contributed by atoms with Crippen LogP contribution in [0.1, 0.15) is 81.1 Å². The molecule has 2 aliphatic rings. The van der Waals surface area contributed by atoms with Gasteiger partial charge in [0.05, 0.1) is 30.3 Å². The highest BCUT2D eigenvalue weighted by Crippen LogP contribution is 2.21. The van der Waals surface area contributed by atoms with E-state index in [0.29, 0.717) is 37.5 Å². The molecule has 0 bridgehead atoms. The quantitative estimate of drug-likeness (QED) is 0.0190. The summed E-state index contributed by atoms with van der Waals surface area (Å²) in [6.07, 6.45) is -0.175. The number of carbonyl (C=O) groups is 12. The topological polar surface area (TPSA) is 363 Å². The maximum absolute atomic E-state index is 12.2. The molecule has 418 valence electrons. The minimum absolute atomic E-state index is 0. The lowest BCUT2D eigenvalue weighted by Crippen LogP contribution is -2.47. The van der Waals surface area contributed by atoms with Crippen LogP contribution >= 0.6 is 11.8 Å². The average Bonchev–Trinajstić information content (AvgIpc) is 3.80. The first-order valence-corrected chi connectivity index (χ1v) is 24.7. The van der Waals surface area contributed by atoms with Gasteiger partial charge in [-0.1, -0.05) is 7.43 Å². The molecule has 0 radical (unpaired) electrons. The number of rotatable bonds is 32. The van der Waals surface area contributed by atoms with Crippen LogP contribution in [-0.2, 0) is 66.8 Å². The third-order valence-electron chi connectivity index (χ3n) is 9.20. The van der Waals surface area contributed by atoms with E-state index in [-0.39, 0.29) is 91.7 Å². The van der Waals surface area contributed by atoms with Crippen molar-refractivity contribution in [2.45, 2.75) is 106 Å². The van der Waals surface area contributed by atoms with Crippen LogP contribution in [0.5, 0.6) is 0 Å². The molecular formula is C45H74N10O18S. The third-order valence-corrected chi connectivity index (χ3v) is 9.93. The zero-order valence-corrected chi connectivity index (χ0v) is 43.0. The molecule has 0 saturated carbocycles. The lowest BCUT2D eigenvalue weighted by molar-refractivity contribution is -0.139. The van der Waals surface area contributed by atoms with Gasteiger partial charge in [-0.2, -0.15) is 0 Å². The van der Waals surface area contributed by atoms with Crippen LogP contribution in [0.15, 0.2) is 23.1 Å². The van der Waals surface area contributed by atoms with E-state index in [9.17, 15) is 57.5 Å². The lowest BCUT2D eigenvalue weighted by atomic mass is 10.3. The summed E-state index contributed by atoms with van der Waals surface area (Å²) < 4.78 is 31.2. The Morgan fingerprint density at radius 2 is 0.865 bits per heavy atom. The van der Waals surface area contributed by atoms with Crippen molar-refractivity contribution in [2.75, 3.05) is 85.2 Å². The monoisotopic (exact) mass is 1070 g/mol. The molecule has 29 heteroatoms. The number of thioether (sulfide) groups is 1. The van der Waals surface area contributed by atoms with E-state index in [1.807, 2.05) is 0 Å². The summed E-state index contributed by atoms with van der Waals surface area (Å²) in [5.41, 5.74) is 0. The van der Waals surface area contributed by atoms with Crippen LogP contribution in [0.4, 0.5) is 19.2 Å². The fourth-order valence-corrected chi connectivity index (χ4v) is 6.30. The van der Waals surface area contributed by atoms with Gasteiger partial charge in [-0.05, 0) is 54.2 Å². The molecule has 2 atom stereocenters. The number of nitrogens with one attached hydrogen (secondary N) is 8. The Bertz CT molecular complexity index is 1890. The van der Waals surface area contributed by atoms with Crippen LogP contribution in [0, 0.1) is 0 Å². The van der Waals surface area contributed by atoms with Crippen molar-refractivity contribution < 1.29 is 86.0 Å². The first kappa shape index (κ1) is 67.0. The molecule has 0 saturated heterocycles. The Morgan fingerprint density at radius 1 is 0.514 bits per heavy atom. The second-order valence-corrected chi connectivity index (χ2v) is 16.1. The minimum atomic E-state index is -0.796. The van der Waals surface area contributed by atoms with Crippen LogP contribution in [0.3, 0.4) is 0 Å². The highest BCUT2D eigenvalue weighted by Gasteiger charge is 2.31. The Labute approximate surface area is 434 Å². The fourth-order valence-electron chi connectivity index (χ4n) is 5.79. The molecule has 2 unspecified atom stereocenters. The van der Waals surface area contributed by atoms with Gasteiger partial charge < -0.3 is 71.0 Å². The smallest absolute Gasteiger partial charge is 0.407 e.